The molecule has 0 aromatic heterocycles. The number of carbonyl (C=O) groups excluding carboxylic acids is 1. The number of carbonyl (C=O) groups is 1. The summed E-state index contributed by atoms with van der Waals surface area (Å²) in [5.74, 6) is 0.196. The van der Waals surface area contributed by atoms with Crippen molar-refractivity contribution in [3.8, 4) is 0 Å². The molecule has 0 unspecified atom stereocenters. The van der Waals surface area contributed by atoms with Crippen molar-refractivity contribution in [1.82, 2.24) is 0 Å². The number of ketones is 1. The van der Waals surface area contributed by atoms with Crippen LogP contribution in [0.1, 0.15) is 37.3 Å². The predicted molar refractivity (Wildman–Crippen MR) is 96.2 cm³/mol. The zero-order valence-corrected chi connectivity index (χ0v) is 14.3. The lowest BCUT2D eigenvalue weighted by Crippen LogP contribution is -2.30. The van der Waals surface area contributed by atoms with Crippen LogP contribution in [-0.4, -0.2) is 5.78 Å². The Morgan fingerprint density at radius 2 is 1.65 bits per heavy atom. The van der Waals surface area contributed by atoms with Gasteiger partial charge in [0.1, 0.15) is 5.78 Å². The highest BCUT2D eigenvalue weighted by Crippen LogP contribution is 2.40. The molecule has 120 valence electrons. The molecule has 4 heteroatoms. The summed E-state index contributed by atoms with van der Waals surface area (Å²) >= 11 is 12.8. The molecule has 0 radical (unpaired) electrons. The Morgan fingerprint density at radius 1 is 0.957 bits per heavy atom. The summed E-state index contributed by atoms with van der Waals surface area (Å²) in [4.78, 5) is 12.5. The van der Waals surface area contributed by atoms with Gasteiger partial charge in [0.25, 0.3) is 0 Å². The van der Waals surface area contributed by atoms with E-state index in [1.165, 1.54) is 0 Å². The lowest BCUT2D eigenvalue weighted by atomic mass is 9.80. The second kappa shape index (κ2) is 7.37. The first-order chi connectivity index (χ1) is 11.2. The number of para-hydroxylation sites is 1. The third-order valence-electron chi connectivity index (χ3n) is 4.41. The Morgan fingerprint density at radius 3 is 2.30 bits per heavy atom. The van der Waals surface area contributed by atoms with E-state index < -0.39 is 0 Å². The molecular weight excluding hydrogens is 329 g/mol. The standard InChI is InChI=1S/C19H19Cl2NO/c20-15-10-6-11-16(21)18(15)19(14-9-4-5-12-17(14)23)22-13-7-2-1-3-8-13/h1-3,6-8,10-11,14,19,22H,4-5,9,12H2/t14-,19-/m1/s1. The van der Waals surface area contributed by atoms with E-state index in [1.807, 2.05) is 48.5 Å². The molecule has 1 saturated carbocycles. The first-order valence-electron chi connectivity index (χ1n) is 7.95. The summed E-state index contributed by atoms with van der Waals surface area (Å²) in [6.07, 6.45) is 3.54. The van der Waals surface area contributed by atoms with Crippen LogP contribution < -0.4 is 5.32 Å². The maximum Gasteiger partial charge on any atom is 0.138 e. The minimum Gasteiger partial charge on any atom is -0.377 e. The van der Waals surface area contributed by atoms with Crippen LogP contribution in [0.5, 0.6) is 0 Å². The molecule has 0 saturated heterocycles. The van der Waals surface area contributed by atoms with E-state index in [1.54, 1.807) is 0 Å². The van der Waals surface area contributed by atoms with E-state index in [4.69, 9.17) is 23.2 Å². The van der Waals surface area contributed by atoms with Crippen molar-refractivity contribution >= 4 is 34.7 Å². The maximum absolute atomic E-state index is 12.5. The molecule has 0 heterocycles. The Labute approximate surface area is 146 Å². The van der Waals surface area contributed by atoms with Gasteiger partial charge in [-0.1, -0.05) is 53.9 Å². The molecule has 0 aliphatic heterocycles. The third kappa shape index (κ3) is 3.70. The van der Waals surface area contributed by atoms with Crippen molar-refractivity contribution in [3.05, 3.63) is 64.1 Å². The van der Waals surface area contributed by atoms with Crippen LogP contribution in [0, 0.1) is 5.92 Å². The van der Waals surface area contributed by atoms with Crippen LogP contribution >= 0.6 is 23.2 Å². The van der Waals surface area contributed by atoms with Crippen LogP contribution in [0.2, 0.25) is 10.0 Å². The smallest absolute Gasteiger partial charge is 0.138 e. The normalized spacial score (nSPS) is 19.4. The van der Waals surface area contributed by atoms with Gasteiger partial charge in [-0.15, -0.1) is 0 Å². The molecule has 2 nitrogen and oxygen atoms in total. The number of rotatable bonds is 4. The van der Waals surface area contributed by atoms with Gasteiger partial charge in [0, 0.05) is 33.6 Å². The van der Waals surface area contributed by atoms with Gasteiger partial charge in [0.15, 0.2) is 0 Å². The van der Waals surface area contributed by atoms with Crippen LogP contribution in [0.3, 0.4) is 0 Å². The molecule has 2 atom stereocenters. The van der Waals surface area contributed by atoms with E-state index >= 15 is 0 Å². The lowest BCUT2D eigenvalue weighted by molar-refractivity contribution is -0.125. The topological polar surface area (TPSA) is 29.1 Å². The summed E-state index contributed by atoms with van der Waals surface area (Å²) in [6.45, 7) is 0. The molecule has 0 spiro atoms. The van der Waals surface area contributed by atoms with Gasteiger partial charge >= 0.3 is 0 Å². The highest BCUT2D eigenvalue weighted by molar-refractivity contribution is 6.36. The molecular formula is C19H19Cl2NO. The number of hydrogen-bond donors (Lipinski definition) is 1. The van der Waals surface area contributed by atoms with E-state index in [0.29, 0.717) is 22.2 Å². The maximum atomic E-state index is 12.5. The summed E-state index contributed by atoms with van der Waals surface area (Å²) < 4.78 is 0. The predicted octanol–water partition coefficient (Wildman–Crippen LogP) is 5.91. The molecule has 2 aromatic carbocycles. The molecule has 1 aliphatic carbocycles. The Balaban J connectivity index is 2.00. The van der Waals surface area contributed by atoms with Gasteiger partial charge in [-0.25, -0.2) is 0 Å². The first kappa shape index (κ1) is 16.4. The van der Waals surface area contributed by atoms with Crippen molar-refractivity contribution in [1.29, 1.82) is 0 Å². The average Bonchev–Trinajstić information content (AvgIpc) is 2.55. The van der Waals surface area contributed by atoms with Gasteiger partial charge in [-0.2, -0.15) is 0 Å². The average molecular weight is 348 g/mol. The van der Waals surface area contributed by atoms with E-state index in [-0.39, 0.29) is 12.0 Å². The van der Waals surface area contributed by atoms with Crippen molar-refractivity contribution in [2.45, 2.75) is 31.7 Å². The van der Waals surface area contributed by atoms with E-state index in [0.717, 1.165) is 30.5 Å². The summed E-state index contributed by atoms with van der Waals surface area (Å²) in [7, 11) is 0. The monoisotopic (exact) mass is 347 g/mol. The van der Waals surface area contributed by atoms with Gasteiger partial charge < -0.3 is 5.32 Å². The van der Waals surface area contributed by atoms with Crippen LogP contribution in [0.4, 0.5) is 5.69 Å². The number of hydrogen-bond acceptors (Lipinski definition) is 2. The van der Waals surface area contributed by atoms with Gasteiger partial charge in [-0.3, -0.25) is 4.79 Å². The van der Waals surface area contributed by atoms with Gasteiger partial charge in [0.2, 0.25) is 0 Å². The highest BCUT2D eigenvalue weighted by atomic mass is 35.5. The lowest BCUT2D eigenvalue weighted by Gasteiger charge is -2.32. The third-order valence-corrected chi connectivity index (χ3v) is 5.07. The van der Waals surface area contributed by atoms with E-state index in [2.05, 4.69) is 5.32 Å². The zero-order valence-electron chi connectivity index (χ0n) is 12.8. The number of halogens is 2. The molecule has 1 N–H and O–H groups in total. The molecule has 1 fully saturated rings. The van der Waals surface area contributed by atoms with Crippen molar-refractivity contribution < 1.29 is 4.79 Å². The highest BCUT2D eigenvalue weighted by Gasteiger charge is 2.33. The van der Waals surface area contributed by atoms with Crippen LogP contribution in [0.15, 0.2) is 48.5 Å². The van der Waals surface area contributed by atoms with E-state index in [9.17, 15) is 4.79 Å². The second-order valence-corrected chi connectivity index (χ2v) is 6.76. The van der Waals surface area contributed by atoms with Crippen LogP contribution in [0.25, 0.3) is 0 Å². The largest absolute Gasteiger partial charge is 0.377 e. The van der Waals surface area contributed by atoms with Crippen molar-refractivity contribution in [3.63, 3.8) is 0 Å². The van der Waals surface area contributed by atoms with Crippen LogP contribution in [-0.2, 0) is 4.79 Å². The molecule has 0 bridgehead atoms. The number of benzene rings is 2. The quantitative estimate of drug-likeness (QED) is 0.745. The molecule has 0 amide bonds. The Kier molecular flexibility index (Phi) is 5.24. The number of anilines is 1. The summed E-state index contributed by atoms with van der Waals surface area (Å²) in [5.41, 5.74) is 1.78. The first-order valence-corrected chi connectivity index (χ1v) is 8.70. The Hall–Kier alpha value is -1.51. The van der Waals surface area contributed by atoms with Crippen molar-refractivity contribution in [2.24, 2.45) is 5.92 Å². The molecule has 3 rings (SSSR count). The van der Waals surface area contributed by atoms with Crippen molar-refractivity contribution in [2.75, 3.05) is 5.32 Å². The molecule has 2 aromatic rings. The summed E-state index contributed by atoms with van der Waals surface area (Å²) in [6, 6.07) is 15.2. The minimum atomic E-state index is -0.202. The number of Topliss-reactive ketones (excluding diaryl/α,β-unsaturated/α-hetero) is 1. The minimum absolute atomic E-state index is 0.0960. The SMILES string of the molecule is O=C1CCCC[C@H]1[C@@H](Nc1ccccc1)c1c(Cl)cccc1Cl. The second-order valence-electron chi connectivity index (χ2n) is 5.94. The van der Waals surface area contributed by atoms with Gasteiger partial charge in [0.05, 0.1) is 6.04 Å². The molecule has 1 aliphatic rings. The fourth-order valence-corrected chi connectivity index (χ4v) is 3.89. The fourth-order valence-electron chi connectivity index (χ4n) is 3.26. The molecule has 23 heavy (non-hydrogen) atoms. The zero-order chi connectivity index (χ0) is 16.2. The fraction of sp³-hybridized carbons (Fsp3) is 0.316. The number of nitrogens with one attached hydrogen (secondary N) is 1. The Bertz CT molecular complexity index is 667. The van der Waals surface area contributed by atoms with Gasteiger partial charge in [-0.05, 0) is 37.1 Å². The summed E-state index contributed by atoms with van der Waals surface area (Å²) in [5, 5.41) is 4.69.